The molecule has 0 aliphatic rings. The van der Waals surface area contributed by atoms with Crippen molar-refractivity contribution in [3.8, 4) is 10.6 Å². The topological polar surface area (TPSA) is 25.8 Å². The van der Waals surface area contributed by atoms with Crippen molar-refractivity contribution in [1.82, 2.24) is 9.36 Å². The van der Waals surface area contributed by atoms with Gasteiger partial charge in [-0.25, -0.2) is 4.98 Å². The molecular weight excluding hydrogens is 343 g/mol. The van der Waals surface area contributed by atoms with Crippen molar-refractivity contribution in [3.05, 3.63) is 64.4 Å². The van der Waals surface area contributed by atoms with Gasteiger partial charge in [0.2, 0.25) is 0 Å². The Morgan fingerprint density at radius 2 is 1.52 bits per heavy atom. The molecule has 6 heteroatoms. The summed E-state index contributed by atoms with van der Waals surface area (Å²) in [6, 6.07) is 15.4. The highest BCUT2D eigenvalue weighted by Gasteiger charge is 2.07. The minimum absolute atomic E-state index is 0.724. The maximum Gasteiger partial charge on any atom is 0.153 e. The minimum atomic E-state index is 0.724. The first-order valence-corrected chi connectivity index (χ1v) is 8.69. The summed E-state index contributed by atoms with van der Waals surface area (Å²) in [5, 5.41) is 2.39. The third-order valence-corrected chi connectivity index (χ3v) is 5.05. The van der Waals surface area contributed by atoms with Gasteiger partial charge in [-0.15, -0.1) is 11.8 Å². The van der Waals surface area contributed by atoms with Crippen molar-refractivity contribution in [2.24, 2.45) is 0 Å². The van der Waals surface area contributed by atoms with Gasteiger partial charge in [0.15, 0.2) is 5.82 Å². The van der Waals surface area contributed by atoms with E-state index in [1.54, 1.807) is 11.8 Å². The van der Waals surface area contributed by atoms with Crippen molar-refractivity contribution in [2.75, 3.05) is 0 Å². The molecule has 0 fully saturated rings. The van der Waals surface area contributed by atoms with Crippen LogP contribution in [0.25, 0.3) is 10.6 Å². The van der Waals surface area contributed by atoms with Crippen LogP contribution in [0.3, 0.4) is 0 Å². The largest absolute Gasteiger partial charge is 0.218 e. The predicted molar refractivity (Wildman–Crippen MR) is 91.4 cm³/mol. The monoisotopic (exact) mass is 352 g/mol. The molecule has 0 atom stereocenters. The van der Waals surface area contributed by atoms with E-state index in [2.05, 4.69) is 9.36 Å². The second-order valence-corrected chi connectivity index (χ2v) is 6.94. The fraction of sp³-hybridized carbons (Fsp3) is 0.0667. The van der Waals surface area contributed by atoms with Gasteiger partial charge in [-0.2, -0.15) is 4.37 Å². The number of rotatable bonds is 4. The molecular formula is C15H10Cl2N2S2. The van der Waals surface area contributed by atoms with Crippen molar-refractivity contribution < 1.29 is 0 Å². The van der Waals surface area contributed by atoms with E-state index in [0.29, 0.717) is 0 Å². The van der Waals surface area contributed by atoms with Gasteiger partial charge >= 0.3 is 0 Å². The molecule has 0 aliphatic heterocycles. The van der Waals surface area contributed by atoms with Crippen LogP contribution in [0.4, 0.5) is 0 Å². The summed E-state index contributed by atoms with van der Waals surface area (Å²) in [5.41, 5.74) is 1.04. The van der Waals surface area contributed by atoms with Crippen LogP contribution >= 0.6 is 46.5 Å². The van der Waals surface area contributed by atoms with Crippen LogP contribution < -0.4 is 0 Å². The van der Waals surface area contributed by atoms with Crippen molar-refractivity contribution in [3.63, 3.8) is 0 Å². The Labute approximate surface area is 141 Å². The summed E-state index contributed by atoms with van der Waals surface area (Å²) in [6.45, 7) is 0. The van der Waals surface area contributed by atoms with Crippen molar-refractivity contribution in [2.45, 2.75) is 10.6 Å². The molecule has 21 heavy (non-hydrogen) atoms. The second kappa shape index (κ2) is 6.79. The average molecular weight is 353 g/mol. The molecule has 0 bridgehead atoms. The molecule has 0 spiro atoms. The number of benzene rings is 2. The lowest BCUT2D eigenvalue weighted by molar-refractivity contribution is 1.14. The van der Waals surface area contributed by atoms with Gasteiger partial charge in [-0.05, 0) is 47.9 Å². The van der Waals surface area contributed by atoms with E-state index in [9.17, 15) is 0 Å². The molecule has 3 aromatic rings. The van der Waals surface area contributed by atoms with Gasteiger partial charge in [0.05, 0.1) is 5.75 Å². The third kappa shape index (κ3) is 3.98. The Balaban J connectivity index is 1.67. The SMILES string of the molecule is Clc1ccc(SCc2nsc(-c3ccc(Cl)cc3)n2)cc1. The maximum absolute atomic E-state index is 5.89. The summed E-state index contributed by atoms with van der Waals surface area (Å²) in [6.07, 6.45) is 0. The molecule has 106 valence electrons. The summed E-state index contributed by atoms with van der Waals surface area (Å²) in [4.78, 5) is 5.72. The Bertz CT molecular complexity index is 724. The highest BCUT2D eigenvalue weighted by molar-refractivity contribution is 7.98. The fourth-order valence-electron chi connectivity index (χ4n) is 1.70. The highest BCUT2D eigenvalue weighted by Crippen LogP contribution is 2.27. The van der Waals surface area contributed by atoms with Crippen LogP contribution in [0.15, 0.2) is 53.4 Å². The van der Waals surface area contributed by atoms with E-state index < -0.39 is 0 Å². The third-order valence-electron chi connectivity index (χ3n) is 2.74. The molecule has 1 aromatic heterocycles. The van der Waals surface area contributed by atoms with Crippen molar-refractivity contribution >= 4 is 46.5 Å². The van der Waals surface area contributed by atoms with Crippen LogP contribution in [0, 0.1) is 0 Å². The van der Waals surface area contributed by atoms with Crippen LogP contribution in [0.2, 0.25) is 10.0 Å². The maximum atomic E-state index is 5.89. The Morgan fingerprint density at radius 3 is 2.19 bits per heavy atom. The molecule has 0 unspecified atom stereocenters. The van der Waals surface area contributed by atoms with E-state index in [1.807, 2.05) is 48.5 Å². The number of hydrogen-bond acceptors (Lipinski definition) is 4. The molecule has 1 heterocycles. The zero-order valence-corrected chi connectivity index (χ0v) is 13.9. The molecule has 0 saturated heterocycles. The molecule has 2 aromatic carbocycles. The van der Waals surface area contributed by atoms with E-state index in [-0.39, 0.29) is 0 Å². The molecule has 2 nitrogen and oxygen atoms in total. The van der Waals surface area contributed by atoms with Crippen LogP contribution in [-0.4, -0.2) is 9.36 Å². The minimum Gasteiger partial charge on any atom is -0.218 e. The average Bonchev–Trinajstić information content (AvgIpc) is 2.96. The van der Waals surface area contributed by atoms with Gasteiger partial charge in [-0.3, -0.25) is 0 Å². The summed E-state index contributed by atoms with van der Waals surface area (Å²) in [7, 11) is 0. The molecule has 0 N–H and O–H groups in total. The molecule has 0 radical (unpaired) electrons. The van der Waals surface area contributed by atoms with Gasteiger partial charge < -0.3 is 0 Å². The lowest BCUT2D eigenvalue weighted by Crippen LogP contribution is -1.84. The zero-order valence-electron chi connectivity index (χ0n) is 10.8. The summed E-state index contributed by atoms with van der Waals surface area (Å²) < 4.78 is 4.40. The molecule has 0 aliphatic carbocycles. The van der Waals surface area contributed by atoms with Gasteiger partial charge in [0, 0.05) is 20.5 Å². The Kier molecular flexibility index (Phi) is 4.80. The lowest BCUT2D eigenvalue weighted by atomic mass is 10.2. The number of halogens is 2. The normalized spacial score (nSPS) is 10.8. The smallest absolute Gasteiger partial charge is 0.153 e. The number of hydrogen-bond donors (Lipinski definition) is 0. The highest BCUT2D eigenvalue weighted by atomic mass is 35.5. The van der Waals surface area contributed by atoms with E-state index in [1.165, 1.54) is 11.5 Å². The first kappa shape index (κ1) is 14.9. The lowest BCUT2D eigenvalue weighted by Gasteiger charge is -1.98. The standard InChI is InChI=1S/C15H10Cl2N2S2/c16-11-3-1-10(2-4-11)15-18-14(19-21-15)9-20-13-7-5-12(17)6-8-13/h1-8H,9H2. The van der Waals surface area contributed by atoms with Crippen molar-refractivity contribution in [1.29, 1.82) is 0 Å². The Hall–Kier alpha value is -1.07. The van der Waals surface area contributed by atoms with Gasteiger partial charge in [0.1, 0.15) is 5.01 Å². The van der Waals surface area contributed by atoms with Gasteiger partial charge in [0.25, 0.3) is 0 Å². The zero-order chi connectivity index (χ0) is 14.7. The number of nitrogens with zero attached hydrogens (tertiary/aromatic N) is 2. The second-order valence-electron chi connectivity index (χ2n) is 4.27. The summed E-state index contributed by atoms with van der Waals surface area (Å²) >= 11 is 14.9. The number of aromatic nitrogens is 2. The Morgan fingerprint density at radius 1 is 0.905 bits per heavy atom. The fourth-order valence-corrected chi connectivity index (χ4v) is 3.47. The van der Waals surface area contributed by atoms with E-state index in [4.69, 9.17) is 23.2 Å². The van der Waals surface area contributed by atoms with Gasteiger partial charge in [-0.1, -0.05) is 35.3 Å². The predicted octanol–water partition coefficient (Wildman–Crippen LogP) is 5.80. The van der Waals surface area contributed by atoms with Crippen LogP contribution in [-0.2, 0) is 5.75 Å². The summed E-state index contributed by atoms with van der Waals surface area (Å²) in [5.74, 6) is 1.58. The van der Waals surface area contributed by atoms with E-state index >= 15 is 0 Å². The van der Waals surface area contributed by atoms with Crippen LogP contribution in [0.5, 0.6) is 0 Å². The quantitative estimate of drug-likeness (QED) is 0.554. The molecule has 3 rings (SSSR count). The first-order valence-electron chi connectivity index (χ1n) is 6.17. The molecule has 0 amide bonds. The first-order chi connectivity index (χ1) is 10.2. The van der Waals surface area contributed by atoms with Crippen LogP contribution in [0.1, 0.15) is 5.82 Å². The number of thioether (sulfide) groups is 1. The van der Waals surface area contributed by atoms with E-state index in [0.717, 1.165) is 37.1 Å². The molecule has 0 saturated carbocycles.